The molecule has 5 rings (SSSR count). The lowest BCUT2D eigenvalue weighted by atomic mass is 10.1. The lowest BCUT2D eigenvalue weighted by Gasteiger charge is -2.27. The second-order valence-electron chi connectivity index (χ2n) is 12.0. The highest BCUT2D eigenvalue weighted by molar-refractivity contribution is 7.54. The molecule has 7 atom stereocenters. The fraction of sp³-hybridized carbons (Fsp3) is 0.481. The number of aliphatic hydroxyl groups is 1. The Morgan fingerprint density at radius 3 is 1.74 bits per heavy atom. The van der Waals surface area contributed by atoms with Gasteiger partial charge in [-0.3, -0.25) is 53.5 Å². The molecule has 0 aliphatic carbocycles. The predicted molar refractivity (Wildman–Crippen MR) is 179 cm³/mol. The minimum Gasteiger partial charge on any atom is -0.376 e. The predicted octanol–water partition coefficient (Wildman–Crippen LogP) is 2.37. The topological polar surface area (TPSA) is 368 Å². The number of azide groups is 2. The largest absolute Gasteiger partial charge is 0.376 e. The van der Waals surface area contributed by atoms with Crippen molar-refractivity contribution in [2.24, 2.45) is 10.2 Å². The van der Waals surface area contributed by atoms with Crippen molar-refractivity contribution in [3.05, 3.63) is 130 Å². The standard InChI is InChI=1S/C27H29N12O14P/c1-12-8-36(26(43)30-23(12)40)21-6-15(32-34-28)19(52-21)10-50-54(49,25(42)14-3-4-17(38(45)46)18(5-14)39(47)48)51-11-20-16(33-35-29)7-22(53-20)37-9-13(2)24(41)31-27(37)44/h3-5,8-9,15-16,19-22,25,42H,6-7,10-11H2,1-2H3,(H,30,40,43)(H,31,41,44)/t15-,16-,19+,20+,21+,22+,25?/m0/s1. The van der Waals surface area contributed by atoms with Crippen molar-refractivity contribution in [1.29, 1.82) is 0 Å². The van der Waals surface area contributed by atoms with E-state index < -0.39 is 113 Å². The molecular formula is C27H29N12O14P. The van der Waals surface area contributed by atoms with Gasteiger partial charge < -0.3 is 23.6 Å². The molecule has 1 unspecified atom stereocenters. The van der Waals surface area contributed by atoms with Crippen LogP contribution < -0.4 is 22.5 Å². The molecule has 286 valence electrons. The van der Waals surface area contributed by atoms with Crippen LogP contribution in [-0.2, 0) is 23.1 Å². The fourth-order valence-corrected chi connectivity index (χ4v) is 7.36. The minimum absolute atomic E-state index is 0.138. The maximum Gasteiger partial charge on any atom is 0.363 e. The number of ether oxygens (including phenoxy) is 2. The number of rotatable bonds is 14. The van der Waals surface area contributed by atoms with Gasteiger partial charge in [-0.15, -0.1) is 0 Å². The summed E-state index contributed by atoms with van der Waals surface area (Å²) in [5, 5.41) is 41.7. The van der Waals surface area contributed by atoms with Gasteiger partial charge in [0.05, 0.1) is 47.4 Å². The summed E-state index contributed by atoms with van der Waals surface area (Å²) in [4.78, 5) is 79.5. The highest BCUT2D eigenvalue weighted by Gasteiger charge is 2.45. The Kier molecular flexibility index (Phi) is 11.6. The Bertz CT molecular complexity index is 2240. The fourth-order valence-electron chi connectivity index (χ4n) is 5.76. The monoisotopic (exact) mass is 776 g/mol. The van der Waals surface area contributed by atoms with Crippen LogP contribution in [0.15, 0.2) is 60.0 Å². The Morgan fingerprint density at radius 1 is 0.889 bits per heavy atom. The number of aryl methyl sites for hydroxylation is 2. The average Bonchev–Trinajstić information content (AvgIpc) is 3.72. The Labute approximate surface area is 299 Å². The molecule has 2 aliphatic heterocycles. The van der Waals surface area contributed by atoms with Gasteiger partial charge in [-0.25, -0.2) is 9.59 Å². The Balaban J connectivity index is 1.46. The summed E-state index contributed by atoms with van der Waals surface area (Å²) in [5.41, 5.74) is 13.1. The molecule has 3 N–H and O–H groups in total. The number of aromatic nitrogens is 4. The van der Waals surface area contributed by atoms with E-state index >= 15 is 0 Å². The number of hydrogen-bond acceptors (Lipinski definition) is 16. The van der Waals surface area contributed by atoms with E-state index in [2.05, 4.69) is 30.0 Å². The molecule has 2 fully saturated rings. The lowest BCUT2D eigenvalue weighted by molar-refractivity contribution is -0.422. The van der Waals surface area contributed by atoms with Crippen LogP contribution in [0, 0.1) is 34.1 Å². The third kappa shape index (κ3) is 8.15. The summed E-state index contributed by atoms with van der Waals surface area (Å²) < 4.78 is 39.6. The van der Waals surface area contributed by atoms with Gasteiger partial charge in [0.1, 0.15) is 12.5 Å². The van der Waals surface area contributed by atoms with Crippen LogP contribution in [0.3, 0.4) is 0 Å². The molecule has 1 aromatic carbocycles. The number of benzene rings is 1. The van der Waals surface area contributed by atoms with Crippen LogP contribution in [-0.4, -0.2) is 71.6 Å². The van der Waals surface area contributed by atoms with E-state index in [1.165, 1.54) is 26.2 Å². The number of nitrogens with one attached hydrogen (secondary N) is 2. The molecule has 4 heterocycles. The molecule has 0 bridgehead atoms. The van der Waals surface area contributed by atoms with Crippen LogP contribution in [0.2, 0.25) is 0 Å². The first kappa shape index (κ1) is 39.2. The average molecular weight is 777 g/mol. The smallest absolute Gasteiger partial charge is 0.363 e. The van der Waals surface area contributed by atoms with Gasteiger partial charge in [0.25, 0.3) is 11.1 Å². The molecule has 2 saturated heterocycles. The van der Waals surface area contributed by atoms with Crippen molar-refractivity contribution >= 4 is 19.0 Å². The van der Waals surface area contributed by atoms with Gasteiger partial charge in [-0.05, 0) is 36.5 Å². The maximum atomic E-state index is 14.5. The zero-order chi connectivity index (χ0) is 39.5. The van der Waals surface area contributed by atoms with Crippen molar-refractivity contribution in [2.75, 3.05) is 13.2 Å². The minimum atomic E-state index is -5.05. The van der Waals surface area contributed by atoms with Gasteiger partial charge in [-0.2, -0.15) is 0 Å². The summed E-state index contributed by atoms with van der Waals surface area (Å²) >= 11 is 0. The second kappa shape index (κ2) is 16.0. The summed E-state index contributed by atoms with van der Waals surface area (Å²) in [6.45, 7) is 1.30. The van der Waals surface area contributed by atoms with E-state index in [1.54, 1.807) is 0 Å². The quantitative estimate of drug-likeness (QED) is 0.0528. The number of nitrogens with zero attached hydrogens (tertiary/aromatic N) is 10. The number of hydrogen-bond donors (Lipinski definition) is 3. The molecule has 0 amide bonds. The Hall–Kier alpha value is -5.97. The molecule has 54 heavy (non-hydrogen) atoms. The van der Waals surface area contributed by atoms with Crippen LogP contribution in [0.5, 0.6) is 0 Å². The molecule has 3 aromatic rings. The van der Waals surface area contributed by atoms with Gasteiger partial charge in [0, 0.05) is 58.3 Å². The number of aliphatic hydroxyl groups excluding tert-OH is 1. The van der Waals surface area contributed by atoms with Crippen LogP contribution in [0.25, 0.3) is 20.9 Å². The van der Waals surface area contributed by atoms with E-state index in [9.17, 15) is 60.1 Å². The third-order valence-electron chi connectivity index (χ3n) is 8.55. The van der Waals surface area contributed by atoms with Crippen molar-refractivity contribution in [1.82, 2.24) is 19.1 Å². The lowest BCUT2D eigenvalue weighted by Crippen LogP contribution is -2.33. The zero-order valence-corrected chi connectivity index (χ0v) is 28.8. The highest BCUT2D eigenvalue weighted by atomic mass is 31.2. The molecule has 2 aromatic heterocycles. The normalized spacial score (nSPS) is 23.8. The van der Waals surface area contributed by atoms with Gasteiger partial charge >= 0.3 is 30.4 Å². The first-order chi connectivity index (χ1) is 25.6. The van der Waals surface area contributed by atoms with Crippen molar-refractivity contribution in [3.63, 3.8) is 0 Å². The van der Waals surface area contributed by atoms with Crippen LogP contribution >= 0.6 is 7.60 Å². The van der Waals surface area contributed by atoms with Gasteiger partial charge in [0.15, 0.2) is 5.85 Å². The molecule has 2 aliphatic rings. The second-order valence-corrected chi connectivity index (χ2v) is 14.1. The number of nitro groups is 2. The SMILES string of the molecule is Cc1cn([C@H]2C[C@H](N=[N+]=[N-])[C@@H](COP(=O)(OC[C@H]3O[C@@H](n4cc(C)c(=O)[nH]c4=O)C[C@@H]3N=[N+]=[N-])C(O)c3ccc([N+](=O)[O-])c([N+](=O)[O-])c3)O2)c(=O)[nH]c1=O. The van der Waals surface area contributed by atoms with Crippen molar-refractivity contribution < 1.29 is 38.0 Å². The van der Waals surface area contributed by atoms with Crippen LogP contribution in [0.4, 0.5) is 11.4 Å². The number of H-pyrrole nitrogens is 2. The molecule has 0 radical (unpaired) electrons. The third-order valence-corrected chi connectivity index (χ3v) is 10.5. The molecule has 0 saturated carbocycles. The molecular weight excluding hydrogens is 747 g/mol. The van der Waals surface area contributed by atoms with E-state index in [-0.39, 0.29) is 24.0 Å². The summed E-state index contributed by atoms with van der Waals surface area (Å²) in [5.74, 6) is -2.38. The van der Waals surface area contributed by atoms with Crippen molar-refractivity contribution in [3.8, 4) is 0 Å². The van der Waals surface area contributed by atoms with Crippen LogP contribution in [0.1, 0.15) is 47.8 Å². The molecule has 0 spiro atoms. The summed E-state index contributed by atoms with van der Waals surface area (Å²) in [7, 11) is -5.05. The zero-order valence-electron chi connectivity index (χ0n) is 27.9. The number of aromatic amines is 2. The first-order valence-electron chi connectivity index (χ1n) is 15.6. The Morgan fingerprint density at radius 2 is 1.33 bits per heavy atom. The molecule has 27 heteroatoms. The highest BCUT2D eigenvalue weighted by Crippen LogP contribution is 2.61. The summed E-state index contributed by atoms with van der Waals surface area (Å²) in [6, 6.07) is -0.0104. The number of nitro benzene ring substituents is 2. The molecule has 26 nitrogen and oxygen atoms in total. The summed E-state index contributed by atoms with van der Waals surface area (Å²) in [6.07, 6.45) is -2.68. The van der Waals surface area contributed by atoms with Crippen molar-refractivity contribution in [2.45, 2.75) is 69.3 Å². The van der Waals surface area contributed by atoms with Gasteiger partial charge in [-0.1, -0.05) is 10.2 Å². The van der Waals surface area contributed by atoms with E-state index in [4.69, 9.17) is 18.5 Å². The van der Waals surface area contributed by atoms with E-state index in [0.717, 1.165) is 15.2 Å². The maximum absolute atomic E-state index is 14.5. The van der Waals surface area contributed by atoms with Gasteiger partial charge in [0.2, 0.25) is 0 Å². The van der Waals surface area contributed by atoms with E-state index in [1.807, 2.05) is 0 Å². The first-order valence-corrected chi connectivity index (χ1v) is 17.2. The van der Waals surface area contributed by atoms with E-state index in [0.29, 0.717) is 12.1 Å².